The Morgan fingerprint density at radius 2 is 2.05 bits per heavy atom. The van der Waals surface area contributed by atoms with Crippen LogP contribution in [0.3, 0.4) is 0 Å². The van der Waals surface area contributed by atoms with E-state index in [4.69, 9.17) is 23.2 Å². The molecule has 0 aliphatic rings. The maximum absolute atomic E-state index is 12.9. The van der Waals surface area contributed by atoms with Gasteiger partial charge in [-0.1, -0.05) is 29.3 Å². The molecule has 1 aromatic heterocycles. The number of carbonyl (C=O) groups is 1. The van der Waals surface area contributed by atoms with E-state index in [1.807, 2.05) is 0 Å². The van der Waals surface area contributed by atoms with Crippen molar-refractivity contribution >= 4 is 41.0 Å². The average Bonchev–Trinajstić information content (AvgIpc) is 2.48. The number of benzene rings is 1. The highest BCUT2D eigenvalue weighted by molar-refractivity contribution is 6.35. The molecule has 0 spiro atoms. The van der Waals surface area contributed by atoms with Crippen molar-refractivity contribution in [2.75, 3.05) is 0 Å². The number of hydrogen-bond acceptors (Lipinski definition) is 4. The van der Waals surface area contributed by atoms with Gasteiger partial charge in [0, 0.05) is 24.5 Å². The van der Waals surface area contributed by atoms with Crippen molar-refractivity contribution in [2.24, 2.45) is 4.99 Å². The molecule has 0 aliphatic heterocycles. The van der Waals surface area contributed by atoms with Crippen LogP contribution < -0.4 is 10.9 Å². The highest BCUT2D eigenvalue weighted by atomic mass is 35.5. The molecule has 2 aromatic rings. The molecule has 2 rings (SSSR count). The minimum Gasteiger partial charge on any atom is -0.286 e. The van der Waals surface area contributed by atoms with Gasteiger partial charge in [-0.3, -0.25) is 20.2 Å². The Morgan fingerprint density at radius 1 is 1.32 bits per heavy atom. The number of amides is 1. The lowest BCUT2D eigenvalue weighted by atomic mass is 10.3. The van der Waals surface area contributed by atoms with Crippen LogP contribution in [0.25, 0.3) is 0 Å². The molecule has 114 valence electrons. The molecule has 0 bridgehead atoms. The van der Waals surface area contributed by atoms with E-state index in [2.05, 4.69) is 20.8 Å². The smallest absolute Gasteiger partial charge is 0.276 e. The zero-order valence-corrected chi connectivity index (χ0v) is 12.7. The van der Waals surface area contributed by atoms with E-state index in [1.54, 1.807) is 6.07 Å². The Kier molecular flexibility index (Phi) is 5.83. The largest absolute Gasteiger partial charge is 0.286 e. The monoisotopic (exact) mass is 340 g/mol. The van der Waals surface area contributed by atoms with E-state index >= 15 is 0 Å². The predicted molar refractivity (Wildman–Crippen MR) is 83.8 cm³/mol. The van der Waals surface area contributed by atoms with Crippen LogP contribution >= 0.6 is 23.2 Å². The third-order valence-electron chi connectivity index (χ3n) is 2.57. The van der Waals surface area contributed by atoms with Crippen LogP contribution in [0.5, 0.6) is 0 Å². The summed E-state index contributed by atoms with van der Waals surface area (Å²) < 4.78 is 12.9. The summed E-state index contributed by atoms with van der Waals surface area (Å²) in [6.45, 7) is 0.222. The minimum atomic E-state index is -0.495. The quantitative estimate of drug-likeness (QED) is 0.649. The number of aliphatic imine (C=N–C) groups is 1. The van der Waals surface area contributed by atoms with E-state index < -0.39 is 11.7 Å². The number of pyridine rings is 1. The average molecular weight is 341 g/mol. The Labute approximate surface area is 136 Å². The van der Waals surface area contributed by atoms with Crippen molar-refractivity contribution < 1.29 is 9.18 Å². The van der Waals surface area contributed by atoms with E-state index in [1.165, 1.54) is 30.6 Å². The molecule has 0 aliphatic carbocycles. The molecule has 22 heavy (non-hydrogen) atoms. The minimum absolute atomic E-state index is 0.222. The second-order valence-electron chi connectivity index (χ2n) is 4.16. The van der Waals surface area contributed by atoms with Crippen molar-refractivity contribution in [3.8, 4) is 0 Å². The molecular formula is C14H11Cl2FN4O. The first-order valence-electron chi connectivity index (χ1n) is 6.16. The molecule has 0 radical (unpaired) electrons. The van der Waals surface area contributed by atoms with E-state index in [-0.39, 0.29) is 6.54 Å². The van der Waals surface area contributed by atoms with Crippen molar-refractivity contribution in [2.45, 2.75) is 6.54 Å². The van der Waals surface area contributed by atoms with E-state index in [0.717, 1.165) is 6.21 Å². The summed E-state index contributed by atoms with van der Waals surface area (Å²) >= 11 is 11.9. The first kappa shape index (κ1) is 16.4. The molecule has 1 heterocycles. The molecule has 1 amide bonds. The van der Waals surface area contributed by atoms with E-state index in [0.29, 0.717) is 21.3 Å². The van der Waals surface area contributed by atoms with Gasteiger partial charge in [0.1, 0.15) is 5.82 Å². The summed E-state index contributed by atoms with van der Waals surface area (Å²) in [5.41, 5.74) is 6.02. The number of rotatable bonds is 5. The van der Waals surface area contributed by atoms with Gasteiger partial charge in [0.15, 0.2) is 0 Å². The number of hydrazine groups is 1. The van der Waals surface area contributed by atoms with Gasteiger partial charge in [0.2, 0.25) is 0 Å². The van der Waals surface area contributed by atoms with Crippen molar-refractivity contribution in [3.63, 3.8) is 0 Å². The number of carbonyl (C=O) groups excluding carboxylic acids is 1. The number of hydrogen-bond donors (Lipinski definition) is 2. The molecule has 1 aromatic carbocycles. The summed E-state index contributed by atoms with van der Waals surface area (Å²) in [7, 11) is 0. The Morgan fingerprint density at radius 3 is 2.73 bits per heavy atom. The molecule has 0 atom stereocenters. The molecule has 0 unspecified atom stereocenters. The molecule has 8 heteroatoms. The Hall–Kier alpha value is -2.02. The first-order valence-corrected chi connectivity index (χ1v) is 6.92. The zero-order chi connectivity index (χ0) is 15.9. The fourth-order valence-corrected chi connectivity index (χ4v) is 2.05. The van der Waals surface area contributed by atoms with Crippen LogP contribution in [0.4, 0.5) is 10.1 Å². The van der Waals surface area contributed by atoms with Gasteiger partial charge in [-0.15, -0.1) is 0 Å². The van der Waals surface area contributed by atoms with Crippen LogP contribution in [0.15, 0.2) is 41.7 Å². The van der Waals surface area contributed by atoms with Gasteiger partial charge in [-0.05, 0) is 18.2 Å². The van der Waals surface area contributed by atoms with Crippen molar-refractivity contribution in [1.29, 1.82) is 0 Å². The normalized spacial score (nSPS) is 10.9. The fraction of sp³-hybridized carbons (Fsp3) is 0.0714. The van der Waals surface area contributed by atoms with Crippen LogP contribution in [0.1, 0.15) is 5.56 Å². The van der Waals surface area contributed by atoms with Crippen molar-refractivity contribution in [1.82, 2.24) is 15.8 Å². The van der Waals surface area contributed by atoms with Crippen molar-refractivity contribution in [3.05, 3.63) is 58.1 Å². The van der Waals surface area contributed by atoms with Gasteiger partial charge in [0.25, 0.3) is 5.91 Å². The SMILES string of the molecule is O=C(C=Nc1cccc(F)c1)NNCc1c(Cl)cncc1Cl. The number of aromatic nitrogens is 1. The number of nitrogens with one attached hydrogen (secondary N) is 2. The molecule has 0 fully saturated rings. The standard InChI is InChI=1S/C14H11Cl2FN4O/c15-12-6-18-7-13(16)11(12)5-20-21-14(22)8-19-10-3-1-2-9(17)4-10/h1-4,6-8,20H,5H2,(H,21,22). The number of halogens is 3. The topological polar surface area (TPSA) is 66.4 Å². The fourth-order valence-electron chi connectivity index (χ4n) is 1.55. The summed E-state index contributed by atoms with van der Waals surface area (Å²) in [6.07, 6.45) is 3.95. The lowest BCUT2D eigenvalue weighted by molar-refractivity contribution is -0.115. The Balaban J connectivity index is 1.86. The highest BCUT2D eigenvalue weighted by Gasteiger charge is 2.06. The van der Waals surface area contributed by atoms with Gasteiger partial charge >= 0.3 is 0 Å². The molecular weight excluding hydrogens is 330 g/mol. The summed E-state index contributed by atoms with van der Waals surface area (Å²) in [4.78, 5) is 19.2. The van der Waals surface area contributed by atoms with Crippen LogP contribution in [0.2, 0.25) is 10.0 Å². The van der Waals surface area contributed by atoms with Crippen LogP contribution in [-0.2, 0) is 11.3 Å². The third-order valence-corrected chi connectivity index (χ3v) is 3.22. The van der Waals surface area contributed by atoms with Crippen LogP contribution in [-0.4, -0.2) is 17.1 Å². The molecule has 2 N–H and O–H groups in total. The number of nitrogens with zero attached hydrogens (tertiary/aromatic N) is 2. The zero-order valence-electron chi connectivity index (χ0n) is 11.2. The maximum atomic E-state index is 12.9. The molecule has 0 saturated heterocycles. The maximum Gasteiger partial charge on any atom is 0.276 e. The van der Waals surface area contributed by atoms with Crippen LogP contribution in [0, 0.1) is 5.82 Å². The predicted octanol–water partition coefficient (Wildman–Crippen LogP) is 3.05. The molecule has 5 nitrogen and oxygen atoms in total. The first-order chi connectivity index (χ1) is 10.6. The summed E-state index contributed by atoms with van der Waals surface area (Å²) in [6, 6.07) is 5.60. The van der Waals surface area contributed by atoms with Gasteiger partial charge in [-0.25, -0.2) is 9.82 Å². The molecule has 0 saturated carbocycles. The van der Waals surface area contributed by atoms with Gasteiger partial charge in [0.05, 0.1) is 21.9 Å². The second-order valence-corrected chi connectivity index (χ2v) is 4.98. The Bertz CT molecular complexity index is 689. The highest BCUT2D eigenvalue weighted by Crippen LogP contribution is 2.22. The summed E-state index contributed by atoms with van der Waals surface area (Å²) in [5, 5.41) is 0.783. The van der Waals surface area contributed by atoms with Gasteiger partial charge < -0.3 is 0 Å². The summed E-state index contributed by atoms with van der Waals surface area (Å²) in [5.74, 6) is -0.916. The van der Waals surface area contributed by atoms with Gasteiger partial charge in [-0.2, -0.15) is 0 Å². The van der Waals surface area contributed by atoms with E-state index in [9.17, 15) is 9.18 Å². The second kappa shape index (κ2) is 7.84. The third kappa shape index (κ3) is 4.77. The lowest BCUT2D eigenvalue weighted by Gasteiger charge is -2.08. The lowest BCUT2D eigenvalue weighted by Crippen LogP contribution is -2.37.